The predicted molar refractivity (Wildman–Crippen MR) is 69.4 cm³/mol. The van der Waals surface area contributed by atoms with Crippen LogP contribution < -0.4 is 5.32 Å². The second-order valence-electron chi connectivity index (χ2n) is 5.35. The van der Waals surface area contributed by atoms with Gasteiger partial charge < -0.3 is 14.8 Å². The maximum atomic E-state index is 12.1. The number of hydrogen-bond donors (Lipinski definition) is 1. The lowest BCUT2D eigenvalue weighted by Crippen LogP contribution is -2.50. The Morgan fingerprint density at radius 3 is 2.72 bits per heavy atom. The third-order valence-corrected chi connectivity index (χ3v) is 3.98. The second kappa shape index (κ2) is 7.10. The van der Waals surface area contributed by atoms with Crippen LogP contribution in [0.15, 0.2) is 0 Å². The Hall–Kier alpha value is -0.610. The molecule has 1 saturated carbocycles. The van der Waals surface area contributed by atoms with Gasteiger partial charge in [0.05, 0.1) is 13.2 Å². The molecule has 18 heavy (non-hydrogen) atoms. The molecule has 1 heterocycles. The minimum Gasteiger partial charge on any atom is -0.465 e. The molecule has 2 rings (SSSR count). The van der Waals surface area contributed by atoms with E-state index in [9.17, 15) is 4.79 Å². The van der Waals surface area contributed by atoms with E-state index in [0.717, 1.165) is 19.4 Å². The number of ether oxygens (including phenoxy) is 2. The molecular formula is C14H25NO3. The number of carbonyl (C=O) groups is 1. The van der Waals surface area contributed by atoms with Crippen LogP contribution in [0.25, 0.3) is 0 Å². The van der Waals surface area contributed by atoms with Gasteiger partial charge >= 0.3 is 5.97 Å². The maximum absolute atomic E-state index is 12.1. The number of esters is 1. The first kappa shape index (κ1) is 13.8. The highest BCUT2D eigenvalue weighted by Crippen LogP contribution is 2.23. The van der Waals surface area contributed by atoms with Crippen molar-refractivity contribution >= 4 is 5.97 Å². The molecule has 2 aliphatic rings. The van der Waals surface area contributed by atoms with E-state index in [4.69, 9.17) is 9.47 Å². The van der Waals surface area contributed by atoms with Crippen LogP contribution >= 0.6 is 0 Å². The van der Waals surface area contributed by atoms with Crippen LogP contribution in [0.3, 0.4) is 0 Å². The van der Waals surface area contributed by atoms with Crippen LogP contribution in [0.1, 0.15) is 45.4 Å². The summed E-state index contributed by atoms with van der Waals surface area (Å²) in [4.78, 5) is 12.1. The maximum Gasteiger partial charge on any atom is 0.323 e. The third kappa shape index (κ3) is 3.69. The first-order chi connectivity index (χ1) is 8.81. The quantitative estimate of drug-likeness (QED) is 0.762. The summed E-state index contributed by atoms with van der Waals surface area (Å²) in [5.41, 5.74) is 0. The van der Waals surface area contributed by atoms with Crippen molar-refractivity contribution in [3.05, 3.63) is 0 Å². The predicted octanol–water partition coefficient (Wildman–Crippen LogP) is 1.88. The molecule has 0 spiro atoms. The van der Waals surface area contributed by atoms with Crippen molar-refractivity contribution in [2.24, 2.45) is 5.92 Å². The average Bonchev–Trinajstić information content (AvgIpc) is 2.90. The molecule has 0 amide bonds. The third-order valence-electron chi connectivity index (χ3n) is 3.98. The molecule has 4 heteroatoms. The van der Waals surface area contributed by atoms with Gasteiger partial charge in [-0.2, -0.15) is 0 Å². The minimum atomic E-state index is -0.173. The van der Waals surface area contributed by atoms with E-state index in [2.05, 4.69) is 5.32 Å². The molecule has 0 bridgehead atoms. The van der Waals surface area contributed by atoms with Crippen LogP contribution in [0.5, 0.6) is 0 Å². The summed E-state index contributed by atoms with van der Waals surface area (Å²) in [5, 5.41) is 3.52. The molecule has 2 fully saturated rings. The SMILES string of the molecule is CCOC(=O)C(NC1CCCC1)C1CCCOC1. The standard InChI is InChI=1S/C14H25NO3/c1-2-18-14(16)13(11-6-5-9-17-10-11)15-12-7-3-4-8-12/h11-13,15H,2-10H2,1H3. The first-order valence-electron chi connectivity index (χ1n) is 7.31. The summed E-state index contributed by atoms with van der Waals surface area (Å²) in [6, 6.07) is 0.315. The smallest absolute Gasteiger partial charge is 0.323 e. The zero-order valence-corrected chi connectivity index (χ0v) is 11.3. The van der Waals surface area contributed by atoms with Crippen molar-refractivity contribution in [1.82, 2.24) is 5.32 Å². The largest absolute Gasteiger partial charge is 0.465 e. The van der Waals surface area contributed by atoms with Crippen LogP contribution in [-0.4, -0.2) is 37.9 Å². The van der Waals surface area contributed by atoms with Gasteiger partial charge in [-0.1, -0.05) is 12.8 Å². The van der Waals surface area contributed by atoms with Crippen molar-refractivity contribution < 1.29 is 14.3 Å². The average molecular weight is 255 g/mol. The summed E-state index contributed by atoms with van der Waals surface area (Å²) in [7, 11) is 0. The van der Waals surface area contributed by atoms with Crippen LogP contribution in [-0.2, 0) is 14.3 Å². The van der Waals surface area contributed by atoms with Crippen LogP contribution in [0.2, 0.25) is 0 Å². The van der Waals surface area contributed by atoms with Gasteiger partial charge in [0.25, 0.3) is 0 Å². The van der Waals surface area contributed by atoms with Crippen molar-refractivity contribution in [3.8, 4) is 0 Å². The summed E-state index contributed by atoms with van der Waals surface area (Å²) < 4.78 is 10.7. The van der Waals surface area contributed by atoms with E-state index < -0.39 is 0 Å². The zero-order valence-electron chi connectivity index (χ0n) is 11.3. The Labute approximate surface area is 109 Å². The van der Waals surface area contributed by atoms with E-state index in [1.165, 1.54) is 25.7 Å². The van der Waals surface area contributed by atoms with Gasteiger partial charge in [0, 0.05) is 18.6 Å². The summed E-state index contributed by atoms with van der Waals surface area (Å²) in [6.45, 7) is 3.83. The van der Waals surface area contributed by atoms with E-state index >= 15 is 0 Å². The van der Waals surface area contributed by atoms with Crippen LogP contribution in [0, 0.1) is 5.92 Å². The lowest BCUT2D eigenvalue weighted by atomic mass is 9.93. The van der Waals surface area contributed by atoms with Gasteiger partial charge in [0.1, 0.15) is 6.04 Å². The Morgan fingerprint density at radius 2 is 2.11 bits per heavy atom. The molecule has 1 saturated heterocycles. The van der Waals surface area contributed by atoms with Crippen molar-refractivity contribution in [2.45, 2.75) is 57.5 Å². The molecule has 1 aliphatic heterocycles. The highest BCUT2D eigenvalue weighted by atomic mass is 16.5. The van der Waals surface area contributed by atoms with Gasteiger partial charge in [-0.3, -0.25) is 4.79 Å². The summed E-state index contributed by atoms with van der Waals surface area (Å²) in [6.07, 6.45) is 7.02. The van der Waals surface area contributed by atoms with E-state index in [1.54, 1.807) is 0 Å². The minimum absolute atomic E-state index is 0.0973. The zero-order chi connectivity index (χ0) is 12.8. The van der Waals surface area contributed by atoms with Gasteiger partial charge in [-0.05, 0) is 32.6 Å². The fourth-order valence-corrected chi connectivity index (χ4v) is 3.00. The summed E-state index contributed by atoms with van der Waals surface area (Å²) in [5.74, 6) is 0.179. The second-order valence-corrected chi connectivity index (χ2v) is 5.35. The first-order valence-corrected chi connectivity index (χ1v) is 7.31. The lowest BCUT2D eigenvalue weighted by molar-refractivity contribution is -0.149. The van der Waals surface area contributed by atoms with Gasteiger partial charge in [0.2, 0.25) is 0 Å². The molecule has 0 aromatic heterocycles. The summed E-state index contributed by atoms with van der Waals surface area (Å²) >= 11 is 0. The fraction of sp³-hybridized carbons (Fsp3) is 0.929. The monoisotopic (exact) mass is 255 g/mol. The molecule has 1 N–H and O–H groups in total. The molecule has 2 unspecified atom stereocenters. The van der Waals surface area contributed by atoms with Gasteiger partial charge in [0.15, 0.2) is 0 Å². The highest BCUT2D eigenvalue weighted by molar-refractivity contribution is 5.76. The van der Waals surface area contributed by atoms with Crippen molar-refractivity contribution in [3.63, 3.8) is 0 Å². The molecule has 4 nitrogen and oxygen atoms in total. The molecule has 0 radical (unpaired) electrons. The molecule has 104 valence electrons. The Kier molecular flexibility index (Phi) is 5.45. The molecular weight excluding hydrogens is 230 g/mol. The molecule has 1 aliphatic carbocycles. The normalized spacial score (nSPS) is 27.1. The molecule has 2 atom stereocenters. The van der Waals surface area contributed by atoms with E-state index in [-0.39, 0.29) is 17.9 Å². The topological polar surface area (TPSA) is 47.6 Å². The number of hydrogen-bond acceptors (Lipinski definition) is 4. The van der Waals surface area contributed by atoms with Crippen LogP contribution in [0.4, 0.5) is 0 Å². The van der Waals surface area contributed by atoms with Gasteiger partial charge in [-0.15, -0.1) is 0 Å². The number of carbonyl (C=O) groups excluding carboxylic acids is 1. The Morgan fingerprint density at radius 1 is 1.33 bits per heavy atom. The van der Waals surface area contributed by atoms with Gasteiger partial charge in [-0.25, -0.2) is 0 Å². The fourth-order valence-electron chi connectivity index (χ4n) is 3.00. The van der Waals surface area contributed by atoms with E-state index in [0.29, 0.717) is 19.3 Å². The Balaban J connectivity index is 1.93. The van der Waals surface area contributed by atoms with Crippen molar-refractivity contribution in [2.75, 3.05) is 19.8 Å². The van der Waals surface area contributed by atoms with Crippen molar-refractivity contribution in [1.29, 1.82) is 0 Å². The lowest BCUT2D eigenvalue weighted by Gasteiger charge is -2.31. The Bertz CT molecular complexity index is 258. The number of rotatable bonds is 5. The molecule has 0 aromatic rings. The highest BCUT2D eigenvalue weighted by Gasteiger charge is 2.33. The number of nitrogens with one attached hydrogen (secondary N) is 1. The molecule has 0 aromatic carbocycles. The van der Waals surface area contributed by atoms with E-state index in [1.807, 2.05) is 6.92 Å².